The van der Waals surface area contributed by atoms with Gasteiger partial charge in [0.05, 0.1) is 38.8 Å². The molecule has 13 rings (SSSR count). The van der Waals surface area contributed by atoms with Gasteiger partial charge in [0.15, 0.2) is 0 Å². The first-order chi connectivity index (χ1) is 28.3. The van der Waals surface area contributed by atoms with E-state index in [0.29, 0.717) is 0 Å². The number of aromatic nitrogens is 3. The lowest BCUT2D eigenvalue weighted by Gasteiger charge is -2.16. The molecule has 3 nitrogen and oxygen atoms in total. The Bertz CT molecular complexity index is 3630. The Labute approximate surface area is 328 Å². The molecule has 3 heteroatoms. The van der Waals surface area contributed by atoms with Crippen molar-refractivity contribution in [3.05, 3.63) is 200 Å². The quantitative estimate of drug-likeness (QED) is 0.172. The summed E-state index contributed by atoms with van der Waals surface area (Å²) in [6.45, 7) is 0. The average molecular weight is 724 g/mol. The van der Waals surface area contributed by atoms with E-state index in [0.717, 1.165) is 5.69 Å². The Balaban J connectivity index is 1.03. The summed E-state index contributed by atoms with van der Waals surface area (Å²) in [5, 5.41) is 7.57. The van der Waals surface area contributed by atoms with Gasteiger partial charge in [-0.25, -0.2) is 0 Å². The van der Waals surface area contributed by atoms with Crippen LogP contribution in [0.15, 0.2) is 200 Å². The van der Waals surface area contributed by atoms with Gasteiger partial charge in [-0.15, -0.1) is 0 Å². The van der Waals surface area contributed by atoms with Gasteiger partial charge in [-0.1, -0.05) is 133 Å². The molecule has 0 radical (unpaired) electrons. The van der Waals surface area contributed by atoms with Crippen molar-refractivity contribution in [1.29, 1.82) is 0 Å². The predicted molar refractivity (Wildman–Crippen MR) is 239 cm³/mol. The summed E-state index contributed by atoms with van der Waals surface area (Å²) >= 11 is 0. The second-order valence-corrected chi connectivity index (χ2v) is 15.3. The fourth-order valence-corrected chi connectivity index (χ4v) is 9.95. The topological polar surface area (TPSA) is 14.8 Å². The van der Waals surface area contributed by atoms with Crippen LogP contribution in [-0.4, -0.2) is 13.7 Å². The number of hydrogen-bond donors (Lipinski definition) is 0. The molecule has 9 aromatic carbocycles. The Morgan fingerprint density at radius 3 is 1.37 bits per heavy atom. The maximum Gasteiger partial charge on any atom is 0.0619 e. The third-order valence-corrected chi connectivity index (χ3v) is 12.4. The second kappa shape index (κ2) is 11.5. The summed E-state index contributed by atoms with van der Waals surface area (Å²) in [7, 11) is 0. The minimum absolute atomic E-state index is 1.14. The number of fused-ring (bicyclic) bond motifs is 14. The second-order valence-electron chi connectivity index (χ2n) is 15.3. The molecule has 0 fully saturated rings. The Morgan fingerprint density at radius 1 is 0.246 bits per heavy atom. The maximum atomic E-state index is 2.51. The summed E-state index contributed by atoms with van der Waals surface area (Å²) in [6.07, 6.45) is 0. The van der Waals surface area contributed by atoms with E-state index in [4.69, 9.17) is 0 Å². The fourth-order valence-electron chi connectivity index (χ4n) is 9.95. The minimum Gasteiger partial charge on any atom is -0.309 e. The van der Waals surface area contributed by atoms with E-state index in [1.165, 1.54) is 110 Å². The lowest BCUT2D eigenvalue weighted by atomic mass is 9.93. The van der Waals surface area contributed by atoms with E-state index < -0.39 is 0 Å². The molecule has 0 N–H and O–H groups in total. The number of hydrogen-bond acceptors (Lipinski definition) is 0. The van der Waals surface area contributed by atoms with Crippen LogP contribution >= 0.6 is 0 Å². The number of benzene rings is 9. The fraction of sp³-hybridized carbons (Fsp3) is 0. The molecule has 0 bridgehead atoms. The average Bonchev–Trinajstić information content (AvgIpc) is 3.89. The zero-order valence-electron chi connectivity index (χ0n) is 30.9. The number of nitrogens with zero attached hydrogens (tertiary/aromatic N) is 3. The highest BCUT2D eigenvalue weighted by atomic mass is 15.0. The molecule has 4 heterocycles. The van der Waals surface area contributed by atoms with E-state index in [1.54, 1.807) is 0 Å². The summed E-state index contributed by atoms with van der Waals surface area (Å²) in [5.74, 6) is 0. The molecule has 0 spiro atoms. The normalized spacial score (nSPS) is 12.2. The molecular formula is C54H33N3. The van der Waals surface area contributed by atoms with Crippen LogP contribution in [0.2, 0.25) is 0 Å². The molecule has 0 saturated carbocycles. The number of para-hydroxylation sites is 5. The van der Waals surface area contributed by atoms with Crippen LogP contribution in [0.3, 0.4) is 0 Å². The van der Waals surface area contributed by atoms with Gasteiger partial charge < -0.3 is 13.7 Å². The van der Waals surface area contributed by atoms with Crippen LogP contribution in [-0.2, 0) is 0 Å². The van der Waals surface area contributed by atoms with Crippen molar-refractivity contribution in [3.63, 3.8) is 0 Å². The summed E-state index contributed by atoms with van der Waals surface area (Å²) in [4.78, 5) is 0. The van der Waals surface area contributed by atoms with Crippen molar-refractivity contribution in [2.45, 2.75) is 0 Å². The first-order valence-electron chi connectivity index (χ1n) is 19.7. The lowest BCUT2D eigenvalue weighted by molar-refractivity contribution is 1.14. The smallest absolute Gasteiger partial charge is 0.0619 e. The molecule has 0 amide bonds. The van der Waals surface area contributed by atoms with E-state index >= 15 is 0 Å². The van der Waals surface area contributed by atoms with E-state index in [1.807, 2.05) is 0 Å². The van der Waals surface area contributed by atoms with E-state index in [9.17, 15) is 0 Å². The zero-order chi connectivity index (χ0) is 37.2. The maximum absolute atomic E-state index is 2.51. The summed E-state index contributed by atoms with van der Waals surface area (Å²) in [6, 6.07) is 73.8. The molecule has 3 aromatic heterocycles. The van der Waals surface area contributed by atoms with Gasteiger partial charge in [0.2, 0.25) is 0 Å². The van der Waals surface area contributed by atoms with Gasteiger partial charge >= 0.3 is 0 Å². The van der Waals surface area contributed by atoms with Crippen LogP contribution in [0, 0.1) is 0 Å². The highest BCUT2D eigenvalue weighted by Gasteiger charge is 2.25. The monoisotopic (exact) mass is 723 g/mol. The number of rotatable bonds is 3. The van der Waals surface area contributed by atoms with Gasteiger partial charge in [0, 0.05) is 54.8 Å². The Morgan fingerprint density at radius 2 is 0.719 bits per heavy atom. The van der Waals surface area contributed by atoms with Crippen molar-refractivity contribution in [2.24, 2.45) is 0 Å². The predicted octanol–water partition coefficient (Wildman–Crippen LogP) is 14.3. The van der Waals surface area contributed by atoms with Crippen molar-refractivity contribution in [1.82, 2.24) is 13.7 Å². The van der Waals surface area contributed by atoms with Crippen molar-refractivity contribution >= 4 is 65.4 Å². The molecule has 57 heavy (non-hydrogen) atoms. The van der Waals surface area contributed by atoms with Gasteiger partial charge in [0.25, 0.3) is 0 Å². The molecule has 0 unspecified atom stereocenters. The summed E-state index contributed by atoms with van der Waals surface area (Å²) < 4.78 is 7.34. The summed E-state index contributed by atoms with van der Waals surface area (Å²) in [5.41, 5.74) is 18.3. The standard InChI is InChI=1S/C54H33N3/c1-2-13-36(14-3-1)55-48-22-9-7-18-41(48)46-31-34(25-29-51(46)55)35-26-30-52-47(32-35)42-19-8-10-23-49(42)56(52)37-27-28-43-38-15-4-5-16-39(38)44-20-12-21-45-40-17-6-11-24-50(40)57(54(44)45)53(43)33-37/h1-33H. The van der Waals surface area contributed by atoms with Crippen LogP contribution in [0.1, 0.15) is 0 Å². The van der Waals surface area contributed by atoms with Crippen molar-refractivity contribution in [2.75, 3.05) is 0 Å². The van der Waals surface area contributed by atoms with Crippen molar-refractivity contribution in [3.8, 4) is 50.4 Å². The third kappa shape index (κ3) is 4.20. The first kappa shape index (κ1) is 30.7. The molecular weight excluding hydrogens is 691 g/mol. The molecule has 1 aliphatic rings. The van der Waals surface area contributed by atoms with Gasteiger partial charge in [-0.05, 0) is 89.0 Å². The van der Waals surface area contributed by atoms with Gasteiger partial charge in [-0.3, -0.25) is 0 Å². The highest BCUT2D eigenvalue weighted by Crippen LogP contribution is 2.47. The van der Waals surface area contributed by atoms with Crippen LogP contribution < -0.4 is 0 Å². The van der Waals surface area contributed by atoms with Gasteiger partial charge in [0.1, 0.15) is 0 Å². The van der Waals surface area contributed by atoms with Crippen molar-refractivity contribution < 1.29 is 0 Å². The zero-order valence-corrected chi connectivity index (χ0v) is 30.9. The first-order valence-corrected chi connectivity index (χ1v) is 19.7. The molecule has 0 saturated heterocycles. The van der Waals surface area contributed by atoms with Crippen LogP contribution in [0.4, 0.5) is 0 Å². The van der Waals surface area contributed by atoms with E-state index in [-0.39, 0.29) is 0 Å². The molecule has 1 aliphatic heterocycles. The highest BCUT2D eigenvalue weighted by molar-refractivity contribution is 6.17. The Hall–Kier alpha value is -7.62. The third-order valence-electron chi connectivity index (χ3n) is 12.4. The molecule has 12 aromatic rings. The SMILES string of the molecule is c1ccc(-n2c3ccccc3c3cc(-c4ccc5c(c4)c4ccccc4n5-c4ccc5c(c4)-n4c6ccccc6c6cccc(c64)-c4ccccc4-5)ccc32)cc1. The van der Waals surface area contributed by atoms with Crippen LogP contribution in [0.5, 0.6) is 0 Å². The van der Waals surface area contributed by atoms with Crippen LogP contribution in [0.25, 0.3) is 116 Å². The molecule has 264 valence electrons. The largest absolute Gasteiger partial charge is 0.309 e. The minimum atomic E-state index is 1.14. The lowest BCUT2D eigenvalue weighted by Crippen LogP contribution is -2.00. The molecule has 0 atom stereocenters. The molecule has 0 aliphatic carbocycles. The Kier molecular flexibility index (Phi) is 6.16. The van der Waals surface area contributed by atoms with Gasteiger partial charge in [-0.2, -0.15) is 0 Å². The van der Waals surface area contributed by atoms with E-state index in [2.05, 4.69) is 214 Å².